The van der Waals surface area contributed by atoms with Crippen molar-refractivity contribution in [3.05, 3.63) is 29.8 Å². The van der Waals surface area contributed by atoms with Gasteiger partial charge in [0.05, 0.1) is 12.7 Å². The molecule has 0 aromatic heterocycles. The van der Waals surface area contributed by atoms with Gasteiger partial charge in [0.25, 0.3) is 0 Å². The van der Waals surface area contributed by atoms with Gasteiger partial charge < -0.3 is 15.0 Å². The molecular formula is C17H22N2O4. The van der Waals surface area contributed by atoms with Crippen LogP contribution in [0.4, 0.5) is 5.69 Å². The average Bonchev–Trinajstić information content (AvgIpc) is 2.60. The summed E-state index contributed by atoms with van der Waals surface area (Å²) < 4.78 is 4.67. The molecule has 1 aromatic carbocycles. The molecule has 124 valence electrons. The number of benzene rings is 1. The van der Waals surface area contributed by atoms with Crippen LogP contribution in [0.15, 0.2) is 24.3 Å². The molecule has 1 aliphatic heterocycles. The smallest absolute Gasteiger partial charge is 0.337 e. The normalized spacial score (nSPS) is 15.1. The van der Waals surface area contributed by atoms with Crippen LogP contribution in [0.5, 0.6) is 0 Å². The highest BCUT2D eigenvalue weighted by molar-refractivity contribution is 5.95. The monoisotopic (exact) mass is 318 g/mol. The van der Waals surface area contributed by atoms with Gasteiger partial charge in [0, 0.05) is 31.1 Å². The Morgan fingerprint density at radius 1 is 1.26 bits per heavy atom. The summed E-state index contributed by atoms with van der Waals surface area (Å²) in [6.07, 6.45) is 1.82. The summed E-state index contributed by atoms with van der Waals surface area (Å²) in [5.41, 5.74) is 0.971. The molecule has 23 heavy (non-hydrogen) atoms. The molecule has 0 unspecified atom stereocenters. The van der Waals surface area contributed by atoms with Crippen molar-refractivity contribution in [2.75, 3.05) is 25.5 Å². The van der Waals surface area contributed by atoms with Gasteiger partial charge in [-0.15, -0.1) is 0 Å². The lowest BCUT2D eigenvalue weighted by Crippen LogP contribution is -2.41. The molecule has 0 bridgehead atoms. The number of anilines is 1. The first kappa shape index (κ1) is 17.0. The molecule has 1 aliphatic rings. The zero-order valence-electron chi connectivity index (χ0n) is 13.5. The Kier molecular flexibility index (Phi) is 5.73. The summed E-state index contributed by atoms with van der Waals surface area (Å²) in [7, 11) is 1.32. The van der Waals surface area contributed by atoms with Crippen LogP contribution in [0, 0.1) is 5.92 Å². The standard InChI is InChI=1S/C17H22N2O4/c1-3-15(20)19-9-7-12(8-10-19)16(21)18-14-6-4-5-13(11-14)17(22)23-2/h4-6,11-12H,3,7-10H2,1-2H3,(H,18,21). The molecule has 0 radical (unpaired) electrons. The number of carbonyl (C=O) groups excluding carboxylic acids is 3. The molecule has 2 amide bonds. The van der Waals surface area contributed by atoms with Crippen LogP contribution in [-0.2, 0) is 14.3 Å². The zero-order chi connectivity index (χ0) is 16.8. The van der Waals surface area contributed by atoms with E-state index in [1.807, 2.05) is 11.8 Å². The van der Waals surface area contributed by atoms with Crippen molar-refractivity contribution in [1.82, 2.24) is 4.90 Å². The van der Waals surface area contributed by atoms with Crippen LogP contribution in [0.3, 0.4) is 0 Å². The van der Waals surface area contributed by atoms with Crippen molar-refractivity contribution in [1.29, 1.82) is 0 Å². The number of hydrogen-bond donors (Lipinski definition) is 1. The first-order chi connectivity index (χ1) is 11.0. The van der Waals surface area contributed by atoms with Gasteiger partial charge in [-0.1, -0.05) is 13.0 Å². The first-order valence-electron chi connectivity index (χ1n) is 7.82. The van der Waals surface area contributed by atoms with Crippen LogP contribution in [0.2, 0.25) is 0 Å². The Balaban J connectivity index is 1.93. The fraction of sp³-hybridized carbons (Fsp3) is 0.471. The van der Waals surface area contributed by atoms with Gasteiger partial charge in [0.2, 0.25) is 11.8 Å². The predicted molar refractivity (Wildman–Crippen MR) is 86.0 cm³/mol. The summed E-state index contributed by atoms with van der Waals surface area (Å²) >= 11 is 0. The fourth-order valence-electron chi connectivity index (χ4n) is 2.70. The molecule has 6 heteroatoms. The van der Waals surface area contributed by atoms with Crippen molar-refractivity contribution >= 4 is 23.5 Å². The maximum Gasteiger partial charge on any atom is 0.337 e. The van der Waals surface area contributed by atoms with E-state index in [2.05, 4.69) is 10.1 Å². The quantitative estimate of drug-likeness (QED) is 0.862. The molecule has 1 N–H and O–H groups in total. The second-order valence-electron chi connectivity index (χ2n) is 5.57. The minimum absolute atomic E-state index is 0.0735. The molecule has 6 nitrogen and oxygen atoms in total. The molecule has 1 aromatic rings. The number of ether oxygens (including phenoxy) is 1. The topological polar surface area (TPSA) is 75.7 Å². The highest BCUT2D eigenvalue weighted by Crippen LogP contribution is 2.20. The van der Waals surface area contributed by atoms with E-state index in [-0.39, 0.29) is 17.7 Å². The number of rotatable bonds is 4. The molecule has 1 heterocycles. The van der Waals surface area contributed by atoms with Crippen molar-refractivity contribution in [2.45, 2.75) is 26.2 Å². The predicted octanol–water partition coefficient (Wildman–Crippen LogP) is 2.06. The summed E-state index contributed by atoms with van der Waals surface area (Å²) in [5, 5.41) is 2.84. The van der Waals surface area contributed by atoms with Crippen LogP contribution >= 0.6 is 0 Å². The number of methoxy groups -OCH3 is 1. The minimum atomic E-state index is -0.438. The Hall–Kier alpha value is -2.37. The fourth-order valence-corrected chi connectivity index (χ4v) is 2.70. The van der Waals surface area contributed by atoms with E-state index in [0.717, 1.165) is 0 Å². The summed E-state index contributed by atoms with van der Waals surface area (Å²) in [6, 6.07) is 6.67. The second-order valence-corrected chi connectivity index (χ2v) is 5.57. The number of likely N-dealkylation sites (tertiary alicyclic amines) is 1. The van der Waals surface area contributed by atoms with Crippen molar-refractivity contribution in [3.8, 4) is 0 Å². The number of nitrogens with zero attached hydrogens (tertiary/aromatic N) is 1. The summed E-state index contributed by atoms with van der Waals surface area (Å²) in [5.74, 6) is -0.490. The van der Waals surface area contributed by atoms with Crippen molar-refractivity contribution in [2.24, 2.45) is 5.92 Å². The van der Waals surface area contributed by atoms with Gasteiger partial charge in [-0.05, 0) is 31.0 Å². The second kappa shape index (κ2) is 7.76. The Morgan fingerprint density at radius 2 is 1.96 bits per heavy atom. The highest BCUT2D eigenvalue weighted by atomic mass is 16.5. The van der Waals surface area contributed by atoms with Crippen molar-refractivity contribution in [3.63, 3.8) is 0 Å². The molecule has 0 aliphatic carbocycles. The molecule has 0 saturated carbocycles. The van der Waals surface area contributed by atoms with E-state index in [0.29, 0.717) is 43.6 Å². The molecule has 0 atom stereocenters. The molecular weight excluding hydrogens is 296 g/mol. The average molecular weight is 318 g/mol. The van der Waals surface area contributed by atoms with E-state index in [1.54, 1.807) is 24.3 Å². The van der Waals surface area contributed by atoms with Crippen LogP contribution < -0.4 is 5.32 Å². The largest absolute Gasteiger partial charge is 0.465 e. The third-order valence-corrected chi connectivity index (χ3v) is 4.07. The van der Waals surface area contributed by atoms with Gasteiger partial charge in [0.15, 0.2) is 0 Å². The Morgan fingerprint density at radius 3 is 2.57 bits per heavy atom. The maximum absolute atomic E-state index is 12.3. The van der Waals surface area contributed by atoms with E-state index in [4.69, 9.17) is 0 Å². The molecule has 1 fully saturated rings. The number of hydrogen-bond acceptors (Lipinski definition) is 4. The molecule has 1 saturated heterocycles. The number of carbonyl (C=O) groups is 3. The Bertz CT molecular complexity index is 592. The lowest BCUT2D eigenvalue weighted by Gasteiger charge is -2.31. The van der Waals surface area contributed by atoms with Crippen molar-refractivity contribution < 1.29 is 19.1 Å². The number of esters is 1. The van der Waals surface area contributed by atoms with Gasteiger partial charge in [-0.25, -0.2) is 4.79 Å². The maximum atomic E-state index is 12.3. The van der Waals surface area contributed by atoms with E-state index in [1.165, 1.54) is 7.11 Å². The lowest BCUT2D eigenvalue weighted by atomic mass is 9.95. The van der Waals surface area contributed by atoms with Crippen LogP contribution in [0.25, 0.3) is 0 Å². The SMILES string of the molecule is CCC(=O)N1CCC(C(=O)Nc2cccc(C(=O)OC)c2)CC1. The van der Waals surface area contributed by atoms with Gasteiger partial charge >= 0.3 is 5.97 Å². The van der Waals surface area contributed by atoms with Gasteiger partial charge in [-0.2, -0.15) is 0 Å². The minimum Gasteiger partial charge on any atom is -0.465 e. The van der Waals surface area contributed by atoms with Gasteiger partial charge in [0.1, 0.15) is 0 Å². The Labute approximate surface area is 135 Å². The third kappa shape index (κ3) is 4.31. The van der Waals surface area contributed by atoms with Gasteiger partial charge in [-0.3, -0.25) is 9.59 Å². The third-order valence-electron chi connectivity index (χ3n) is 4.07. The highest BCUT2D eigenvalue weighted by Gasteiger charge is 2.26. The van der Waals surface area contributed by atoms with Crippen LogP contribution in [-0.4, -0.2) is 42.9 Å². The number of amides is 2. The number of piperidine rings is 1. The zero-order valence-corrected chi connectivity index (χ0v) is 13.5. The molecule has 0 spiro atoms. The van der Waals surface area contributed by atoms with E-state index < -0.39 is 5.97 Å². The number of nitrogens with one attached hydrogen (secondary N) is 1. The molecule has 2 rings (SSSR count). The summed E-state index contributed by atoms with van der Waals surface area (Å²) in [6.45, 7) is 3.08. The lowest BCUT2D eigenvalue weighted by molar-refractivity contribution is -0.134. The van der Waals surface area contributed by atoms with E-state index in [9.17, 15) is 14.4 Å². The van der Waals surface area contributed by atoms with E-state index >= 15 is 0 Å². The summed E-state index contributed by atoms with van der Waals surface area (Å²) in [4.78, 5) is 37.3. The first-order valence-corrected chi connectivity index (χ1v) is 7.82. The van der Waals surface area contributed by atoms with Crippen LogP contribution in [0.1, 0.15) is 36.5 Å².